The largest absolute Gasteiger partial charge is 0.472 e. The predicted octanol–water partition coefficient (Wildman–Crippen LogP) is -0.242. The van der Waals surface area contributed by atoms with Crippen molar-refractivity contribution in [2.45, 2.75) is 18.9 Å². The smallest absolute Gasteiger partial charge is 0.381 e. The van der Waals surface area contributed by atoms with Gasteiger partial charge in [0.05, 0.1) is 6.54 Å². The first-order valence-electron chi connectivity index (χ1n) is 4.82. The van der Waals surface area contributed by atoms with Crippen LogP contribution in [0.1, 0.15) is 12.8 Å². The maximum atomic E-state index is 10.1. The van der Waals surface area contributed by atoms with Gasteiger partial charge in [-0.1, -0.05) is 5.92 Å². The fourth-order valence-electron chi connectivity index (χ4n) is 1.53. The molecule has 2 N–H and O–H groups in total. The molecule has 0 aromatic rings. The van der Waals surface area contributed by atoms with E-state index in [-0.39, 0.29) is 0 Å². The first kappa shape index (κ1) is 11.0. The predicted molar refractivity (Wildman–Crippen MR) is 53.9 cm³/mol. The molecule has 1 aliphatic rings. The highest BCUT2D eigenvalue weighted by molar-refractivity contribution is 5.86. The summed E-state index contributed by atoms with van der Waals surface area (Å²) in [5, 5.41) is 11.5. The quantitative estimate of drug-likeness (QED) is 0.598. The first-order chi connectivity index (χ1) is 6.68. The topological polar surface area (TPSA) is 52.6 Å². The molecule has 0 aliphatic carbocycles. The molecule has 0 amide bonds. The molecule has 0 bridgehead atoms. The van der Waals surface area contributed by atoms with Crippen LogP contribution in [-0.4, -0.2) is 48.7 Å². The van der Waals surface area contributed by atoms with E-state index in [9.17, 15) is 4.79 Å². The third kappa shape index (κ3) is 4.26. The summed E-state index contributed by atoms with van der Waals surface area (Å²) in [7, 11) is 2.11. The number of hydrogen-bond donors (Lipinski definition) is 2. The van der Waals surface area contributed by atoms with E-state index in [4.69, 9.17) is 5.11 Å². The zero-order valence-corrected chi connectivity index (χ0v) is 8.42. The molecule has 4 nitrogen and oxygen atoms in total. The molecule has 1 fully saturated rings. The molecule has 1 aliphatic heterocycles. The maximum Gasteiger partial charge on any atom is 0.381 e. The van der Waals surface area contributed by atoms with Gasteiger partial charge < -0.3 is 15.3 Å². The molecule has 0 saturated carbocycles. The summed E-state index contributed by atoms with van der Waals surface area (Å²) >= 11 is 0. The van der Waals surface area contributed by atoms with Gasteiger partial charge in [0, 0.05) is 12.0 Å². The molecule has 0 aromatic heterocycles. The summed E-state index contributed by atoms with van der Waals surface area (Å²) in [6.45, 7) is 2.68. The van der Waals surface area contributed by atoms with E-state index in [1.807, 2.05) is 0 Å². The van der Waals surface area contributed by atoms with E-state index in [0.717, 1.165) is 25.9 Å². The summed E-state index contributed by atoms with van der Waals surface area (Å²) in [6, 6.07) is 0.495. The van der Waals surface area contributed by atoms with Gasteiger partial charge in [-0.25, -0.2) is 4.79 Å². The van der Waals surface area contributed by atoms with Crippen molar-refractivity contribution in [1.29, 1.82) is 0 Å². The lowest BCUT2D eigenvalue weighted by atomic mass is 10.1. The van der Waals surface area contributed by atoms with E-state index in [0.29, 0.717) is 12.6 Å². The molecule has 0 aromatic carbocycles. The van der Waals surface area contributed by atoms with E-state index in [1.54, 1.807) is 0 Å². The zero-order valence-electron chi connectivity index (χ0n) is 8.42. The molecule has 0 radical (unpaired) electrons. The second-order valence-corrected chi connectivity index (χ2v) is 3.57. The number of carbonyl (C=O) groups is 1. The second kappa shape index (κ2) is 5.63. The molecular weight excluding hydrogens is 180 g/mol. The fourth-order valence-corrected chi connectivity index (χ4v) is 1.53. The molecule has 1 heterocycles. The van der Waals surface area contributed by atoms with E-state index < -0.39 is 5.97 Å². The number of carboxylic acid groups (broad SMARTS) is 1. The molecule has 78 valence electrons. The Morgan fingerprint density at radius 1 is 1.57 bits per heavy atom. The normalized spacial score (nSPS) is 18.6. The van der Waals surface area contributed by atoms with Gasteiger partial charge in [0.1, 0.15) is 0 Å². The van der Waals surface area contributed by atoms with Crippen LogP contribution < -0.4 is 5.32 Å². The van der Waals surface area contributed by atoms with Crippen LogP contribution in [0.4, 0.5) is 0 Å². The van der Waals surface area contributed by atoms with Gasteiger partial charge in [-0.3, -0.25) is 0 Å². The fraction of sp³-hybridized carbons (Fsp3) is 0.700. The SMILES string of the molecule is CN1CCC(NCC#CC(=O)O)CC1. The van der Waals surface area contributed by atoms with Crippen LogP contribution in [0.15, 0.2) is 0 Å². The summed E-state index contributed by atoms with van der Waals surface area (Å²) < 4.78 is 0. The molecule has 1 rings (SSSR count). The van der Waals surface area contributed by atoms with Gasteiger partial charge in [-0.15, -0.1) is 0 Å². The molecule has 4 heteroatoms. The van der Waals surface area contributed by atoms with Crippen LogP contribution in [0.3, 0.4) is 0 Å². The Labute approximate surface area is 84.3 Å². The number of likely N-dealkylation sites (tertiary alicyclic amines) is 1. The Hall–Kier alpha value is -1.05. The van der Waals surface area contributed by atoms with E-state index in [1.165, 1.54) is 0 Å². The Morgan fingerprint density at radius 2 is 2.21 bits per heavy atom. The van der Waals surface area contributed by atoms with Crippen LogP contribution in [0.25, 0.3) is 0 Å². The monoisotopic (exact) mass is 196 g/mol. The minimum Gasteiger partial charge on any atom is -0.472 e. The van der Waals surface area contributed by atoms with Gasteiger partial charge in [-0.05, 0) is 33.0 Å². The van der Waals surface area contributed by atoms with Crippen molar-refractivity contribution < 1.29 is 9.90 Å². The number of rotatable bonds is 2. The number of piperidine rings is 1. The summed E-state index contributed by atoms with van der Waals surface area (Å²) in [6.07, 6.45) is 2.23. The molecule has 0 unspecified atom stereocenters. The average molecular weight is 196 g/mol. The van der Waals surface area contributed by atoms with Crippen LogP contribution >= 0.6 is 0 Å². The van der Waals surface area contributed by atoms with Crippen LogP contribution in [-0.2, 0) is 4.79 Å². The van der Waals surface area contributed by atoms with E-state index >= 15 is 0 Å². The van der Waals surface area contributed by atoms with Gasteiger partial charge in [0.15, 0.2) is 0 Å². The third-order valence-corrected chi connectivity index (χ3v) is 2.39. The van der Waals surface area contributed by atoms with Gasteiger partial charge in [-0.2, -0.15) is 0 Å². The third-order valence-electron chi connectivity index (χ3n) is 2.39. The molecule has 0 spiro atoms. The highest BCUT2D eigenvalue weighted by Gasteiger charge is 2.14. The standard InChI is InChI=1S/C10H16N2O2/c1-12-7-4-9(5-8-12)11-6-2-3-10(13)14/h9,11H,4-8H2,1H3,(H,13,14). The van der Waals surface area contributed by atoms with E-state index in [2.05, 4.69) is 29.1 Å². The number of nitrogens with zero attached hydrogens (tertiary/aromatic N) is 1. The van der Waals surface area contributed by atoms with Crippen LogP contribution in [0.2, 0.25) is 0 Å². The molecule has 0 atom stereocenters. The molecular formula is C10H16N2O2. The highest BCUT2D eigenvalue weighted by Crippen LogP contribution is 2.07. The number of nitrogens with one attached hydrogen (secondary N) is 1. The minimum atomic E-state index is -1.06. The van der Waals surface area contributed by atoms with Gasteiger partial charge in [0.25, 0.3) is 0 Å². The lowest BCUT2D eigenvalue weighted by molar-refractivity contribution is -0.130. The van der Waals surface area contributed by atoms with Crippen molar-refractivity contribution >= 4 is 5.97 Å². The van der Waals surface area contributed by atoms with Crippen molar-refractivity contribution in [3.63, 3.8) is 0 Å². The summed E-state index contributed by atoms with van der Waals surface area (Å²) in [5.74, 6) is 3.60. The van der Waals surface area contributed by atoms with Crippen LogP contribution in [0, 0.1) is 11.8 Å². The lowest BCUT2D eigenvalue weighted by Crippen LogP contribution is -2.40. The summed E-state index contributed by atoms with van der Waals surface area (Å²) in [4.78, 5) is 12.4. The number of aliphatic carboxylic acids is 1. The van der Waals surface area contributed by atoms with Crippen molar-refractivity contribution in [3.05, 3.63) is 0 Å². The van der Waals surface area contributed by atoms with Crippen molar-refractivity contribution in [2.24, 2.45) is 0 Å². The molecule has 14 heavy (non-hydrogen) atoms. The Morgan fingerprint density at radius 3 is 2.79 bits per heavy atom. The maximum absolute atomic E-state index is 10.1. The van der Waals surface area contributed by atoms with Crippen molar-refractivity contribution in [3.8, 4) is 11.8 Å². The Bertz CT molecular complexity index is 247. The summed E-state index contributed by atoms with van der Waals surface area (Å²) in [5.41, 5.74) is 0. The van der Waals surface area contributed by atoms with Gasteiger partial charge in [0.2, 0.25) is 0 Å². The second-order valence-electron chi connectivity index (χ2n) is 3.57. The van der Waals surface area contributed by atoms with Crippen molar-refractivity contribution in [1.82, 2.24) is 10.2 Å². The Balaban J connectivity index is 2.14. The number of hydrogen-bond acceptors (Lipinski definition) is 3. The zero-order chi connectivity index (χ0) is 10.4. The number of carboxylic acids is 1. The minimum absolute atomic E-state index is 0.473. The molecule has 1 saturated heterocycles. The van der Waals surface area contributed by atoms with Crippen molar-refractivity contribution in [2.75, 3.05) is 26.7 Å². The lowest BCUT2D eigenvalue weighted by Gasteiger charge is -2.28. The Kier molecular flexibility index (Phi) is 4.44. The average Bonchev–Trinajstić information content (AvgIpc) is 2.15. The van der Waals surface area contributed by atoms with Gasteiger partial charge >= 0.3 is 5.97 Å². The first-order valence-corrected chi connectivity index (χ1v) is 4.82. The van der Waals surface area contributed by atoms with Crippen LogP contribution in [0.5, 0.6) is 0 Å². The highest BCUT2D eigenvalue weighted by atomic mass is 16.4.